The molecule has 1 rings (SSSR count). The van der Waals surface area contributed by atoms with Crippen LogP contribution >= 0.6 is 15.9 Å². The second kappa shape index (κ2) is 4.15. The van der Waals surface area contributed by atoms with Crippen LogP contribution in [0.25, 0.3) is 0 Å². The topological polar surface area (TPSA) is 61.2 Å². The van der Waals surface area contributed by atoms with Crippen LogP contribution in [-0.2, 0) is 9.59 Å². The van der Waals surface area contributed by atoms with E-state index in [4.69, 9.17) is 5.26 Å². The largest absolute Gasteiger partial charge is 0.269 e. The summed E-state index contributed by atoms with van der Waals surface area (Å²) in [5, 5.41) is 8.93. The molecule has 1 aliphatic rings. The van der Waals surface area contributed by atoms with Crippen molar-refractivity contribution in [1.82, 2.24) is 4.90 Å². The Hall–Kier alpha value is -1.15. The van der Waals surface area contributed by atoms with Crippen LogP contribution in [-0.4, -0.2) is 22.8 Å². The standard InChI is InChI=1S/C10H11BrN2O2/c1-5(2)7(4-12)13-9(14)6(3)8(11)10(13)15/h5,7H,1-3H3. The van der Waals surface area contributed by atoms with Crippen molar-refractivity contribution in [2.24, 2.45) is 5.92 Å². The van der Waals surface area contributed by atoms with Gasteiger partial charge in [-0.25, -0.2) is 0 Å². The van der Waals surface area contributed by atoms with Gasteiger partial charge in [-0.2, -0.15) is 5.26 Å². The number of imide groups is 1. The summed E-state index contributed by atoms with van der Waals surface area (Å²) in [6.45, 7) is 5.17. The quantitative estimate of drug-likeness (QED) is 0.716. The van der Waals surface area contributed by atoms with Crippen molar-refractivity contribution in [1.29, 1.82) is 5.26 Å². The number of hydrogen-bond donors (Lipinski definition) is 0. The predicted molar refractivity (Wildman–Crippen MR) is 57.7 cm³/mol. The second-order valence-electron chi connectivity index (χ2n) is 3.74. The first-order valence-corrected chi connectivity index (χ1v) is 5.35. The molecule has 4 nitrogen and oxygen atoms in total. The highest BCUT2D eigenvalue weighted by molar-refractivity contribution is 9.12. The molecule has 0 N–H and O–H groups in total. The van der Waals surface area contributed by atoms with Gasteiger partial charge in [0.2, 0.25) is 0 Å². The first-order chi connectivity index (χ1) is 6.91. The summed E-state index contributed by atoms with van der Waals surface area (Å²) in [5.74, 6) is -0.876. The molecule has 0 radical (unpaired) electrons. The zero-order valence-electron chi connectivity index (χ0n) is 8.74. The van der Waals surface area contributed by atoms with Crippen molar-refractivity contribution in [3.05, 3.63) is 10.1 Å². The maximum absolute atomic E-state index is 11.7. The summed E-state index contributed by atoms with van der Waals surface area (Å²) in [7, 11) is 0. The molecule has 2 amide bonds. The van der Waals surface area contributed by atoms with Crippen LogP contribution in [0.4, 0.5) is 0 Å². The third-order valence-electron chi connectivity index (χ3n) is 2.32. The fraction of sp³-hybridized carbons (Fsp3) is 0.500. The molecule has 0 saturated carbocycles. The van der Waals surface area contributed by atoms with Crippen molar-refractivity contribution in [2.75, 3.05) is 0 Å². The minimum absolute atomic E-state index is 0.0749. The van der Waals surface area contributed by atoms with Crippen molar-refractivity contribution in [3.8, 4) is 6.07 Å². The molecule has 0 spiro atoms. The third kappa shape index (κ3) is 1.82. The lowest BCUT2D eigenvalue weighted by Crippen LogP contribution is -2.43. The van der Waals surface area contributed by atoms with Gasteiger partial charge in [-0.1, -0.05) is 13.8 Å². The molecule has 0 aliphatic carbocycles. The Bertz CT molecular complexity index is 369. The molecule has 80 valence electrons. The first kappa shape index (κ1) is 11.9. The first-order valence-electron chi connectivity index (χ1n) is 4.55. The van der Waals surface area contributed by atoms with Crippen LogP contribution in [0.5, 0.6) is 0 Å². The van der Waals surface area contributed by atoms with E-state index in [1.54, 1.807) is 20.8 Å². The fourth-order valence-corrected chi connectivity index (χ4v) is 1.75. The van der Waals surface area contributed by atoms with Crippen LogP contribution in [0.2, 0.25) is 0 Å². The number of nitriles is 1. The van der Waals surface area contributed by atoms with Crippen molar-refractivity contribution in [3.63, 3.8) is 0 Å². The lowest BCUT2D eigenvalue weighted by molar-refractivity contribution is -0.139. The number of carbonyl (C=O) groups excluding carboxylic acids is 2. The Labute approximate surface area is 96.7 Å². The van der Waals surface area contributed by atoms with E-state index in [0.29, 0.717) is 5.57 Å². The summed E-state index contributed by atoms with van der Waals surface area (Å²) in [6, 6.07) is 1.28. The van der Waals surface area contributed by atoms with Gasteiger partial charge in [0, 0.05) is 5.57 Å². The lowest BCUT2D eigenvalue weighted by Gasteiger charge is -2.23. The molecule has 0 aromatic heterocycles. The van der Waals surface area contributed by atoms with Gasteiger partial charge < -0.3 is 0 Å². The summed E-state index contributed by atoms with van der Waals surface area (Å²) in [4.78, 5) is 24.4. The van der Waals surface area contributed by atoms with E-state index in [1.165, 1.54) is 0 Å². The highest BCUT2D eigenvalue weighted by Gasteiger charge is 2.40. The molecule has 5 heteroatoms. The maximum atomic E-state index is 11.7. The predicted octanol–water partition coefficient (Wildman–Crippen LogP) is 1.57. The van der Waals surface area contributed by atoms with Gasteiger partial charge in [0.25, 0.3) is 11.8 Å². The summed E-state index contributed by atoms with van der Waals surface area (Å²) in [6.07, 6.45) is 0. The molecular weight excluding hydrogens is 260 g/mol. The molecule has 0 bridgehead atoms. The number of halogens is 1. The molecule has 1 atom stereocenters. The van der Waals surface area contributed by atoms with E-state index >= 15 is 0 Å². The maximum Gasteiger partial charge on any atom is 0.269 e. The molecule has 0 saturated heterocycles. The molecule has 1 heterocycles. The van der Waals surface area contributed by atoms with Gasteiger partial charge in [-0.3, -0.25) is 14.5 Å². The Morgan fingerprint density at radius 1 is 1.33 bits per heavy atom. The van der Waals surface area contributed by atoms with Crippen LogP contribution in [0.1, 0.15) is 20.8 Å². The van der Waals surface area contributed by atoms with E-state index in [2.05, 4.69) is 15.9 Å². The highest BCUT2D eigenvalue weighted by Crippen LogP contribution is 2.28. The third-order valence-corrected chi connectivity index (χ3v) is 3.25. The van der Waals surface area contributed by atoms with Gasteiger partial charge in [-0.05, 0) is 28.8 Å². The molecule has 1 unspecified atom stereocenters. The van der Waals surface area contributed by atoms with Crippen LogP contribution in [0, 0.1) is 17.2 Å². The number of amides is 2. The normalized spacial score (nSPS) is 18.8. The Morgan fingerprint density at radius 3 is 2.13 bits per heavy atom. The molecule has 1 aliphatic heterocycles. The fourth-order valence-electron chi connectivity index (χ4n) is 1.39. The molecule has 15 heavy (non-hydrogen) atoms. The zero-order valence-corrected chi connectivity index (χ0v) is 10.3. The van der Waals surface area contributed by atoms with Crippen molar-refractivity contribution in [2.45, 2.75) is 26.8 Å². The summed E-state index contributed by atoms with van der Waals surface area (Å²) in [5.41, 5.74) is 0.362. The van der Waals surface area contributed by atoms with Crippen LogP contribution in [0.15, 0.2) is 10.1 Å². The van der Waals surface area contributed by atoms with Crippen molar-refractivity contribution >= 4 is 27.7 Å². The van der Waals surface area contributed by atoms with Gasteiger partial charge in [0.15, 0.2) is 0 Å². The molecular formula is C10H11BrN2O2. The average molecular weight is 271 g/mol. The SMILES string of the molecule is CC1=C(Br)C(=O)N(C(C#N)C(C)C)C1=O. The number of hydrogen-bond acceptors (Lipinski definition) is 3. The van der Waals surface area contributed by atoms with E-state index in [-0.39, 0.29) is 16.3 Å². The number of rotatable bonds is 2. The summed E-state index contributed by atoms with van der Waals surface area (Å²) >= 11 is 3.05. The minimum Gasteiger partial charge on any atom is -0.269 e. The zero-order chi connectivity index (χ0) is 11.7. The number of carbonyl (C=O) groups is 2. The molecule has 0 aromatic rings. The average Bonchev–Trinajstić information content (AvgIpc) is 2.36. The van der Waals surface area contributed by atoms with Gasteiger partial charge >= 0.3 is 0 Å². The monoisotopic (exact) mass is 270 g/mol. The van der Waals surface area contributed by atoms with Gasteiger partial charge in [0.05, 0.1) is 10.6 Å². The number of nitrogens with zero attached hydrogens (tertiary/aromatic N) is 2. The smallest absolute Gasteiger partial charge is 0.269 e. The van der Waals surface area contributed by atoms with Crippen LogP contribution in [0.3, 0.4) is 0 Å². The lowest BCUT2D eigenvalue weighted by atomic mass is 10.0. The van der Waals surface area contributed by atoms with E-state index in [0.717, 1.165) is 4.90 Å². The Kier molecular flexibility index (Phi) is 3.30. The van der Waals surface area contributed by atoms with E-state index in [9.17, 15) is 9.59 Å². The molecule has 0 fully saturated rings. The van der Waals surface area contributed by atoms with Crippen molar-refractivity contribution < 1.29 is 9.59 Å². The van der Waals surface area contributed by atoms with E-state index in [1.807, 2.05) is 6.07 Å². The van der Waals surface area contributed by atoms with Gasteiger partial charge in [-0.15, -0.1) is 0 Å². The van der Waals surface area contributed by atoms with Gasteiger partial charge in [0.1, 0.15) is 6.04 Å². The second-order valence-corrected chi connectivity index (χ2v) is 4.53. The Morgan fingerprint density at radius 2 is 1.87 bits per heavy atom. The Balaban J connectivity index is 3.08. The van der Waals surface area contributed by atoms with Crippen LogP contribution < -0.4 is 0 Å². The highest BCUT2D eigenvalue weighted by atomic mass is 79.9. The molecule has 0 aromatic carbocycles. The summed E-state index contributed by atoms with van der Waals surface area (Å²) < 4.78 is 0.258. The van der Waals surface area contributed by atoms with E-state index < -0.39 is 11.9 Å². The minimum atomic E-state index is -0.699.